The molecule has 0 saturated heterocycles. The third kappa shape index (κ3) is 2.65. The lowest BCUT2D eigenvalue weighted by Gasteiger charge is -2.29. The van der Waals surface area contributed by atoms with Crippen LogP contribution >= 0.6 is 0 Å². The second-order valence-corrected chi connectivity index (χ2v) is 6.37. The summed E-state index contributed by atoms with van der Waals surface area (Å²) in [5.74, 6) is 6.28. The molecule has 0 saturated carbocycles. The minimum absolute atomic E-state index is 0.797. The van der Waals surface area contributed by atoms with Gasteiger partial charge in [0.25, 0.3) is 0 Å². The van der Waals surface area contributed by atoms with Crippen molar-refractivity contribution in [2.24, 2.45) is 0 Å². The van der Waals surface area contributed by atoms with Crippen LogP contribution in [0, 0.1) is 11.8 Å². The largest absolute Gasteiger partial charge is 0.347 e. The van der Waals surface area contributed by atoms with E-state index in [9.17, 15) is 0 Å². The summed E-state index contributed by atoms with van der Waals surface area (Å²) >= 11 is 0. The molecule has 0 aromatic heterocycles. The SMILES string of the molecule is CN(C1=CC=CC#CC1)c1cc2c(c3c1CCC=C3)C=CC=CC2. The quantitative estimate of drug-likeness (QED) is 0.690. The molecule has 0 amide bonds. The first-order valence-corrected chi connectivity index (χ1v) is 8.61. The van der Waals surface area contributed by atoms with Crippen LogP contribution in [-0.4, -0.2) is 7.05 Å². The summed E-state index contributed by atoms with van der Waals surface area (Å²) < 4.78 is 0. The van der Waals surface area contributed by atoms with E-state index in [1.165, 1.54) is 33.6 Å². The van der Waals surface area contributed by atoms with Gasteiger partial charge in [-0.3, -0.25) is 0 Å². The van der Waals surface area contributed by atoms with Crippen molar-refractivity contribution in [2.75, 3.05) is 11.9 Å². The molecule has 0 bridgehead atoms. The summed E-state index contributed by atoms with van der Waals surface area (Å²) in [4.78, 5) is 2.33. The van der Waals surface area contributed by atoms with Crippen LogP contribution in [0.3, 0.4) is 0 Å². The molecule has 3 aliphatic rings. The van der Waals surface area contributed by atoms with Gasteiger partial charge in [-0.05, 0) is 59.7 Å². The zero-order chi connectivity index (χ0) is 16.4. The summed E-state index contributed by atoms with van der Waals surface area (Å²) in [5.41, 5.74) is 8.25. The normalized spacial score (nSPS) is 17.1. The predicted molar refractivity (Wildman–Crippen MR) is 104 cm³/mol. The summed E-state index contributed by atoms with van der Waals surface area (Å²) in [6.07, 6.45) is 23.6. The third-order valence-electron chi connectivity index (χ3n) is 4.91. The summed E-state index contributed by atoms with van der Waals surface area (Å²) in [7, 11) is 2.18. The maximum Gasteiger partial charge on any atom is 0.0497 e. The average Bonchev–Trinajstić information content (AvgIpc) is 3.03. The fraction of sp³-hybridized carbons (Fsp3) is 0.217. The van der Waals surface area contributed by atoms with E-state index in [0.717, 1.165) is 25.7 Å². The number of benzene rings is 1. The van der Waals surface area contributed by atoms with Crippen LogP contribution in [0.25, 0.3) is 12.2 Å². The van der Waals surface area contributed by atoms with Crippen LogP contribution in [0.4, 0.5) is 5.69 Å². The molecule has 0 atom stereocenters. The van der Waals surface area contributed by atoms with Crippen molar-refractivity contribution in [2.45, 2.75) is 25.7 Å². The highest BCUT2D eigenvalue weighted by molar-refractivity contribution is 5.79. The number of anilines is 1. The van der Waals surface area contributed by atoms with Crippen molar-refractivity contribution in [3.05, 3.63) is 76.5 Å². The highest BCUT2D eigenvalue weighted by Gasteiger charge is 2.20. The maximum atomic E-state index is 3.22. The van der Waals surface area contributed by atoms with Gasteiger partial charge < -0.3 is 4.90 Å². The van der Waals surface area contributed by atoms with Gasteiger partial charge in [-0.1, -0.05) is 54.4 Å². The molecule has 1 heteroatoms. The van der Waals surface area contributed by atoms with E-state index in [4.69, 9.17) is 0 Å². The summed E-state index contributed by atoms with van der Waals surface area (Å²) in [5, 5.41) is 0. The Bertz CT molecular complexity index is 879. The molecule has 24 heavy (non-hydrogen) atoms. The molecule has 0 fully saturated rings. The van der Waals surface area contributed by atoms with Crippen LogP contribution in [0.5, 0.6) is 0 Å². The average molecular weight is 311 g/mol. The molecule has 0 unspecified atom stereocenters. The fourth-order valence-electron chi connectivity index (χ4n) is 3.63. The van der Waals surface area contributed by atoms with E-state index in [-0.39, 0.29) is 0 Å². The van der Waals surface area contributed by atoms with E-state index in [2.05, 4.69) is 72.4 Å². The molecule has 4 rings (SSSR count). The zero-order valence-corrected chi connectivity index (χ0v) is 14.0. The van der Waals surface area contributed by atoms with Gasteiger partial charge in [-0.15, -0.1) is 0 Å². The van der Waals surface area contributed by atoms with Crippen LogP contribution in [0.15, 0.2) is 54.3 Å². The van der Waals surface area contributed by atoms with Crippen LogP contribution in [0.2, 0.25) is 0 Å². The molecule has 118 valence electrons. The highest BCUT2D eigenvalue weighted by atomic mass is 15.1. The van der Waals surface area contributed by atoms with E-state index >= 15 is 0 Å². The van der Waals surface area contributed by atoms with Crippen LogP contribution in [-0.2, 0) is 12.8 Å². The van der Waals surface area contributed by atoms with Crippen molar-refractivity contribution in [3.63, 3.8) is 0 Å². The van der Waals surface area contributed by atoms with Gasteiger partial charge in [-0.25, -0.2) is 0 Å². The molecule has 0 aliphatic heterocycles. The molecular formula is C23H21N. The lowest BCUT2D eigenvalue weighted by molar-refractivity contribution is 0.948. The fourth-order valence-corrected chi connectivity index (χ4v) is 3.63. The lowest BCUT2D eigenvalue weighted by atomic mass is 9.87. The molecule has 3 aliphatic carbocycles. The molecule has 1 nitrogen and oxygen atoms in total. The molecule has 0 N–H and O–H groups in total. The van der Waals surface area contributed by atoms with E-state index < -0.39 is 0 Å². The first kappa shape index (κ1) is 14.8. The van der Waals surface area contributed by atoms with Crippen molar-refractivity contribution in [1.29, 1.82) is 0 Å². The summed E-state index contributed by atoms with van der Waals surface area (Å²) in [6.45, 7) is 0. The number of nitrogens with zero attached hydrogens (tertiary/aromatic N) is 1. The van der Waals surface area contributed by atoms with Crippen LogP contribution in [0.1, 0.15) is 35.1 Å². The number of fused-ring (bicyclic) bond motifs is 3. The number of hydrogen-bond donors (Lipinski definition) is 0. The Labute approximate surface area is 144 Å². The van der Waals surface area contributed by atoms with Crippen LogP contribution < -0.4 is 4.90 Å². The Balaban J connectivity index is 1.86. The monoisotopic (exact) mass is 311 g/mol. The van der Waals surface area contributed by atoms with Gasteiger partial charge in [0.1, 0.15) is 0 Å². The minimum atomic E-state index is 0.797. The van der Waals surface area contributed by atoms with Gasteiger partial charge in [0.2, 0.25) is 0 Å². The summed E-state index contributed by atoms with van der Waals surface area (Å²) in [6, 6.07) is 2.39. The molecule has 1 aromatic rings. The lowest BCUT2D eigenvalue weighted by Crippen LogP contribution is -2.19. The van der Waals surface area contributed by atoms with Gasteiger partial charge >= 0.3 is 0 Å². The van der Waals surface area contributed by atoms with E-state index in [1.54, 1.807) is 0 Å². The zero-order valence-electron chi connectivity index (χ0n) is 14.0. The topological polar surface area (TPSA) is 3.24 Å². The number of rotatable bonds is 2. The van der Waals surface area contributed by atoms with E-state index in [0.29, 0.717) is 0 Å². The maximum absolute atomic E-state index is 3.22. The first-order valence-electron chi connectivity index (χ1n) is 8.61. The smallest absolute Gasteiger partial charge is 0.0497 e. The number of allylic oxidation sites excluding steroid dienone is 8. The predicted octanol–water partition coefficient (Wildman–Crippen LogP) is 5.05. The Hall–Kier alpha value is -2.72. The van der Waals surface area contributed by atoms with Gasteiger partial charge in [0.15, 0.2) is 0 Å². The second kappa shape index (κ2) is 6.42. The second-order valence-electron chi connectivity index (χ2n) is 6.37. The van der Waals surface area contributed by atoms with Crippen molar-refractivity contribution >= 4 is 17.8 Å². The van der Waals surface area contributed by atoms with Crippen molar-refractivity contribution in [3.8, 4) is 11.8 Å². The van der Waals surface area contributed by atoms with Gasteiger partial charge in [0.05, 0.1) is 0 Å². The third-order valence-corrected chi connectivity index (χ3v) is 4.91. The molecular weight excluding hydrogens is 290 g/mol. The molecule has 1 aromatic carbocycles. The number of hydrogen-bond acceptors (Lipinski definition) is 1. The molecule has 0 spiro atoms. The van der Waals surface area contributed by atoms with E-state index in [1.807, 2.05) is 12.2 Å². The first-order chi connectivity index (χ1) is 11.8. The molecule has 0 heterocycles. The molecule has 0 radical (unpaired) electrons. The minimum Gasteiger partial charge on any atom is -0.347 e. The van der Waals surface area contributed by atoms with Crippen molar-refractivity contribution < 1.29 is 0 Å². The van der Waals surface area contributed by atoms with Crippen molar-refractivity contribution in [1.82, 2.24) is 0 Å². The Morgan fingerprint density at radius 2 is 2.00 bits per heavy atom. The highest BCUT2D eigenvalue weighted by Crippen LogP contribution is 2.37. The Kier molecular flexibility index (Phi) is 3.97. The van der Waals surface area contributed by atoms with Gasteiger partial charge in [0, 0.05) is 24.9 Å². The van der Waals surface area contributed by atoms with Gasteiger partial charge in [-0.2, -0.15) is 0 Å². The Morgan fingerprint density at radius 1 is 1.04 bits per heavy atom. The Morgan fingerprint density at radius 3 is 2.96 bits per heavy atom. The standard InChI is InChI=1S/C23H21N/c1-24(19-12-6-2-3-7-13-19)23-17-18-11-5-4-8-14-20(18)21-15-9-10-16-22(21)23/h2,4-6,8-9,12,14-15,17H,10-11,13,16H2,1H3.